The molecule has 0 fully saturated rings. The van der Waals surface area contributed by atoms with Crippen LogP contribution in [0.2, 0.25) is 13.1 Å². The van der Waals surface area contributed by atoms with E-state index < -0.39 is 16.6 Å². The van der Waals surface area contributed by atoms with Crippen molar-refractivity contribution in [1.82, 2.24) is 0 Å². The van der Waals surface area contributed by atoms with E-state index in [1.807, 2.05) is 3.88 Å². The zero-order valence-electron chi connectivity index (χ0n) is 15.7. The molecule has 0 spiro atoms. The average molecular weight is 437 g/mol. The minimum Gasteiger partial charge on any atom is -0.147 e. The van der Waals surface area contributed by atoms with Gasteiger partial charge in [0.2, 0.25) is 0 Å². The van der Waals surface area contributed by atoms with E-state index in [2.05, 4.69) is 87.6 Å². The summed E-state index contributed by atoms with van der Waals surface area (Å²) >= 11 is -1.43. The fourth-order valence-corrected chi connectivity index (χ4v) is 17.8. The summed E-state index contributed by atoms with van der Waals surface area (Å²) in [7, 11) is 0. The van der Waals surface area contributed by atoms with Gasteiger partial charge in [-0.25, -0.2) is 0 Å². The number of benzene rings is 2. The molecule has 0 saturated heterocycles. The summed E-state index contributed by atoms with van der Waals surface area (Å²) in [6.07, 6.45) is 4.49. The van der Waals surface area contributed by atoms with Crippen molar-refractivity contribution in [2.75, 3.05) is 0 Å². The molecule has 1 atom stereocenters. The van der Waals surface area contributed by atoms with E-state index in [0.717, 1.165) is 0 Å². The molecule has 2 aliphatic carbocycles. The Balaban J connectivity index is 0.00000121. The molecule has 2 aromatic carbocycles. The molecule has 0 heterocycles. The number of halogens is 2. The zero-order valence-corrected chi connectivity index (χ0v) is 19.9. The van der Waals surface area contributed by atoms with E-state index in [-0.39, 0.29) is 31.0 Å². The first kappa shape index (κ1) is 21.7. The van der Waals surface area contributed by atoms with Crippen molar-refractivity contribution < 1.29 is 16.6 Å². The molecular weight excluding hydrogens is 411 g/mol. The van der Waals surface area contributed by atoms with Gasteiger partial charge >= 0.3 is 152 Å². The summed E-state index contributed by atoms with van der Waals surface area (Å²) in [5, 5.41) is 0. The number of hydrogen-bond donors (Lipinski definition) is 0. The molecule has 0 radical (unpaired) electrons. The van der Waals surface area contributed by atoms with Crippen LogP contribution in [0.25, 0.3) is 11.1 Å². The van der Waals surface area contributed by atoms with E-state index in [4.69, 9.17) is 0 Å². The smallest absolute Gasteiger partial charge is 0.147 e. The Labute approximate surface area is 176 Å². The topological polar surface area (TPSA) is 0 Å². The molecule has 2 aliphatic rings. The van der Waals surface area contributed by atoms with Crippen LogP contribution >= 0.6 is 24.8 Å². The van der Waals surface area contributed by atoms with Gasteiger partial charge in [0.05, 0.1) is 0 Å². The number of fused-ring (bicyclic) bond motifs is 3. The van der Waals surface area contributed by atoms with Crippen LogP contribution in [0.15, 0.2) is 70.1 Å². The Hall–Kier alpha value is -0.569. The predicted molar refractivity (Wildman–Crippen MR) is 117 cm³/mol. The standard InChI is InChI=1S/C13H9.C7H9.C2H6Si.2ClH.Ti/c1-3-7-12-10(5-1)9-11-6-2-4-8-13(11)12;1-6-3-4-7(2)5-6;1-3-2;;;/h1-9H;3-4,6H,1-2H3;1-2H3;2*1H;. The Morgan fingerprint density at radius 3 is 1.77 bits per heavy atom. The predicted octanol–water partition coefficient (Wildman–Crippen LogP) is 6.95. The molecule has 4 heteroatoms. The second-order valence-electron chi connectivity index (χ2n) is 7.27. The molecule has 0 aliphatic heterocycles. The van der Waals surface area contributed by atoms with Gasteiger partial charge in [0.25, 0.3) is 0 Å². The Morgan fingerprint density at radius 1 is 0.846 bits per heavy atom. The molecule has 0 N–H and O–H groups in total. The van der Waals surface area contributed by atoms with Crippen LogP contribution in [0.5, 0.6) is 0 Å². The summed E-state index contributed by atoms with van der Waals surface area (Å²) in [4.78, 5) is 0. The van der Waals surface area contributed by atoms with Crippen LogP contribution in [0.1, 0.15) is 29.2 Å². The van der Waals surface area contributed by atoms with Crippen molar-refractivity contribution in [2.24, 2.45) is 5.92 Å². The van der Waals surface area contributed by atoms with Gasteiger partial charge in [-0.1, -0.05) is 0 Å². The van der Waals surface area contributed by atoms with Gasteiger partial charge in [-0.05, 0) is 0 Å². The monoisotopic (exact) mass is 436 g/mol. The third kappa shape index (κ3) is 3.45. The number of hydrogen-bond acceptors (Lipinski definition) is 0. The van der Waals surface area contributed by atoms with Gasteiger partial charge in [-0.2, -0.15) is 0 Å². The van der Waals surface area contributed by atoms with Crippen LogP contribution in [0.3, 0.4) is 0 Å². The third-order valence-corrected chi connectivity index (χ3v) is 18.0. The van der Waals surface area contributed by atoms with E-state index in [0.29, 0.717) is 10.1 Å². The maximum atomic E-state index is 2.56. The molecule has 0 amide bonds. The number of rotatable bonds is 2. The van der Waals surface area contributed by atoms with Crippen molar-refractivity contribution >= 4 is 31.0 Å². The first-order valence-corrected chi connectivity index (χ1v) is 15.4. The summed E-state index contributed by atoms with van der Waals surface area (Å²) in [6.45, 7) is 9.89. The van der Waals surface area contributed by atoms with E-state index in [9.17, 15) is 0 Å². The van der Waals surface area contributed by atoms with Gasteiger partial charge in [0, 0.05) is 0 Å². The second-order valence-corrected chi connectivity index (χ2v) is 19.2. The Kier molecular flexibility index (Phi) is 7.21. The molecule has 1 unspecified atom stereocenters. The fraction of sp³-hybridized carbons (Fsp3) is 0.273. The van der Waals surface area contributed by atoms with Crippen LogP contribution in [0.4, 0.5) is 0 Å². The Bertz CT molecular complexity index is 878. The first-order valence-electron chi connectivity index (χ1n) is 8.84. The number of allylic oxidation sites excluding steroid dienone is 4. The molecule has 136 valence electrons. The van der Waals surface area contributed by atoms with Gasteiger partial charge < -0.3 is 0 Å². The second kappa shape index (κ2) is 8.63. The van der Waals surface area contributed by atoms with Gasteiger partial charge in [-0.3, -0.25) is 0 Å². The molecule has 0 bridgehead atoms. The zero-order chi connectivity index (χ0) is 16.8. The van der Waals surface area contributed by atoms with Crippen LogP contribution < -0.4 is 0 Å². The normalized spacial score (nSPS) is 17.3. The van der Waals surface area contributed by atoms with E-state index >= 15 is 0 Å². The largest absolute Gasteiger partial charge is 0.147 e. The van der Waals surface area contributed by atoms with Crippen LogP contribution in [0, 0.1) is 5.92 Å². The van der Waals surface area contributed by atoms with Crippen molar-refractivity contribution in [2.45, 2.75) is 31.2 Å². The van der Waals surface area contributed by atoms with E-state index in [1.54, 1.807) is 16.7 Å². The minimum atomic E-state index is -1.43. The fourth-order valence-electron chi connectivity index (χ4n) is 4.47. The van der Waals surface area contributed by atoms with Gasteiger partial charge in [-0.15, -0.1) is 24.8 Å². The molecule has 0 aromatic heterocycles. The third-order valence-electron chi connectivity index (χ3n) is 5.47. The molecule has 0 saturated carbocycles. The molecule has 0 nitrogen and oxygen atoms in total. The summed E-state index contributed by atoms with van der Waals surface area (Å²) < 4.78 is 2.54. The summed E-state index contributed by atoms with van der Waals surface area (Å²) in [5.74, 6) is 0.653. The molecular formula is C22H26Cl2SiTi. The molecule has 26 heavy (non-hydrogen) atoms. The van der Waals surface area contributed by atoms with Crippen LogP contribution in [-0.4, -0.2) is 6.19 Å². The van der Waals surface area contributed by atoms with Crippen molar-refractivity contribution in [1.29, 1.82) is 0 Å². The van der Waals surface area contributed by atoms with Gasteiger partial charge in [0.1, 0.15) is 0 Å². The Morgan fingerprint density at radius 2 is 1.35 bits per heavy atom. The maximum absolute atomic E-state index is 2.56. The van der Waals surface area contributed by atoms with E-state index in [1.165, 1.54) is 11.1 Å². The SMILES string of the molecule is CC1=[C]([Ti]([CH]2c3ccccc3-c3ccccc32)=[Si](C)C)C(C)C=C1.Cl.Cl. The molecule has 4 rings (SSSR count). The van der Waals surface area contributed by atoms with Crippen molar-refractivity contribution in [3.8, 4) is 11.1 Å². The minimum absolute atomic E-state index is 0. The maximum Gasteiger partial charge on any atom is -0.147 e. The quantitative estimate of drug-likeness (QED) is 0.446. The summed E-state index contributed by atoms with van der Waals surface area (Å²) in [6, 6.07) is 18.4. The van der Waals surface area contributed by atoms with Crippen molar-refractivity contribution in [3.63, 3.8) is 0 Å². The average Bonchev–Trinajstić information content (AvgIpc) is 3.08. The van der Waals surface area contributed by atoms with Crippen LogP contribution in [-0.2, 0) is 16.6 Å². The summed E-state index contributed by atoms with van der Waals surface area (Å²) in [5.41, 5.74) is 7.77. The first-order chi connectivity index (χ1) is 11.6. The van der Waals surface area contributed by atoms with Crippen molar-refractivity contribution in [3.05, 3.63) is 81.3 Å². The molecule has 2 aromatic rings. The van der Waals surface area contributed by atoms with Gasteiger partial charge in [0.15, 0.2) is 0 Å².